The molecule has 0 atom stereocenters. The molecule has 2 aromatic carbocycles. The Hall–Kier alpha value is -3.12. The minimum Gasteiger partial charge on any atom is -0.304 e. The van der Waals surface area contributed by atoms with Crippen LogP contribution in [0.4, 0.5) is 5.82 Å². The largest absolute Gasteiger partial charge is 0.304 e. The van der Waals surface area contributed by atoms with Crippen molar-refractivity contribution in [2.24, 2.45) is 0 Å². The van der Waals surface area contributed by atoms with E-state index < -0.39 is 0 Å². The molecule has 0 saturated heterocycles. The highest BCUT2D eigenvalue weighted by Crippen LogP contribution is 2.20. The Balaban J connectivity index is 1.53. The summed E-state index contributed by atoms with van der Waals surface area (Å²) in [5, 5.41) is 16.0. The van der Waals surface area contributed by atoms with E-state index in [1.54, 1.807) is 10.7 Å². The van der Waals surface area contributed by atoms with Gasteiger partial charge in [-0.3, -0.25) is 14.6 Å². The van der Waals surface area contributed by atoms with Gasteiger partial charge < -0.3 is 5.32 Å². The summed E-state index contributed by atoms with van der Waals surface area (Å²) in [6.45, 7) is 0.613. The number of fused-ring (bicyclic) bond motifs is 1. The van der Waals surface area contributed by atoms with Crippen LogP contribution >= 0.6 is 11.6 Å². The van der Waals surface area contributed by atoms with E-state index in [0.29, 0.717) is 12.4 Å². The molecule has 0 unspecified atom stereocenters. The molecule has 0 saturated carbocycles. The van der Waals surface area contributed by atoms with E-state index in [-0.39, 0.29) is 16.6 Å². The van der Waals surface area contributed by atoms with Gasteiger partial charge in [0, 0.05) is 12.3 Å². The van der Waals surface area contributed by atoms with Crippen LogP contribution in [0.25, 0.3) is 10.8 Å². The number of carbonyl (C=O) groups is 1. The van der Waals surface area contributed by atoms with Crippen LogP contribution in [-0.4, -0.2) is 25.9 Å². The summed E-state index contributed by atoms with van der Waals surface area (Å²) < 4.78 is 1.78. The van der Waals surface area contributed by atoms with Gasteiger partial charge in [-0.15, -0.1) is 0 Å². The fraction of sp³-hybridized carbons (Fsp3) is 0.0556. The lowest BCUT2D eigenvalue weighted by molar-refractivity contribution is 0.102. The molecule has 0 aliphatic rings. The number of aromatic amines is 1. The SMILES string of the molecule is O=C(Nc1ccn(Cc2cccc3ccccc23)n1)c1[nH]ncc1Cl. The van der Waals surface area contributed by atoms with Gasteiger partial charge in [0.2, 0.25) is 0 Å². The van der Waals surface area contributed by atoms with E-state index in [4.69, 9.17) is 11.6 Å². The third-order valence-corrected chi connectivity index (χ3v) is 4.20. The summed E-state index contributed by atoms with van der Waals surface area (Å²) in [6.07, 6.45) is 3.21. The summed E-state index contributed by atoms with van der Waals surface area (Å²) in [4.78, 5) is 12.1. The third kappa shape index (κ3) is 3.12. The lowest BCUT2D eigenvalue weighted by atomic mass is 10.0. The van der Waals surface area contributed by atoms with Crippen LogP contribution in [0.15, 0.2) is 60.9 Å². The number of rotatable bonds is 4. The van der Waals surface area contributed by atoms with Crippen LogP contribution in [-0.2, 0) is 6.54 Å². The summed E-state index contributed by atoms with van der Waals surface area (Å²) in [6, 6.07) is 16.2. The number of hydrogen-bond acceptors (Lipinski definition) is 3. The lowest BCUT2D eigenvalue weighted by Gasteiger charge is -2.07. The molecular weight excluding hydrogens is 338 g/mol. The Morgan fingerprint density at radius 3 is 2.84 bits per heavy atom. The molecule has 124 valence electrons. The zero-order valence-corrected chi connectivity index (χ0v) is 13.9. The number of carbonyl (C=O) groups excluding carboxylic acids is 1. The second-order valence-electron chi connectivity index (χ2n) is 5.58. The van der Waals surface area contributed by atoms with Gasteiger partial charge in [-0.05, 0) is 16.3 Å². The Kier molecular flexibility index (Phi) is 3.95. The molecule has 1 amide bonds. The second-order valence-corrected chi connectivity index (χ2v) is 5.99. The fourth-order valence-corrected chi connectivity index (χ4v) is 2.91. The maximum Gasteiger partial charge on any atom is 0.276 e. The second kappa shape index (κ2) is 6.41. The third-order valence-electron chi connectivity index (χ3n) is 3.91. The lowest BCUT2D eigenvalue weighted by Crippen LogP contribution is -2.14. The summed E-state index contributed by atoms with van der Waals surface area (Å²) in [7, 11) is 0. The van der Waals surface area contributed by atoms with Crippen molar-refractivity contribution in [3.05, 3.63) is 77.2 Å². The molecule has 6 nitrogen and oxygen atoms in total. The number of hydrogen-bond donors (Lipinski definition) is 2. The highest BCUT2D eigenvalue weighted by Gasteiger charge is 2.13. The first-order valence-corrected chi connectivity index (χ1v) is 8.09. The van der Waals surface area contributed by atoms with Gasteiger partial charge in [-0.1, -0.05) is 54.1 Å². The first kappa shape index (κ1) is 15.4. The first-order valence-electron chi connectivity index (χ1n) is 7.71. The predicted molar refractivity (Wildman–Crippen MR) is 96.8 cm³/mol. The number of amides is 1. The van der Waals surface area contributed by atoms with Crippen LogP contribution in [0.1, 0.15) is 16.1 Å². The fourth-order valence-electron chi connectivity index (χ4n) is 2.73. The van der Waals surface area contributed by atoms with Gasteiger partial charge in [0.05, 0.1) is 17.8 Å². The Bertz CT molecular complexity index is 1050. The van der Waals surface area contributed by atoms with Gasteiger partial charge in [-0.25, -0.2) is 0 Å². The molecule has 0 spiro atoms. The van der Waals surface area contributed by atoms with E-state index in [0.717, 1.165) is 5.56 Å². The molecule has 2 heterocycles. The monoisotopic (exact) mass is 351 g/mol. The summed E-state index contributed by atoms with van der Waals surface area (Å²) in [5.41, 5.74) is 1.38. The zero-order valence-electron chi connectivity index (χ0n) is 13.1. The Morgan fingerprint density at radius 2 is 2.00 bits per heavy atom. The van der Waals surface area contributed by atoms with Crippen molar-refractivity contribution in [2.75, 3.05) is 5.32 Å². The van der Waals surface area contributed by atoms with Crippen molar-refractivity contribution in [2.45, 2.75) is 6.54 Å². The first-order chi connectivity index (χ1) is 12.2. The zero-order chi connectivity index (χ0) is 17.2. The van der Waals surface area contributed by atoms with E-state index >= 15 is 0 Å². The van der Waals surface area contributed by atoms with Crippen molar-refractivity contribution in [3.8, 4) is 0 Å². The van der Waals surface area contributed by atoms with Gasteiger partial charge in [0.25, 0.3) is 5.91 Å². The van der Waals surface area contributed by atoms with Crippen LogP contribution in [0.5, 0.6) is 0 Å². The average Bonchev–Trinajstić information content (AvgIpc) is 3.24. The molecule has 0 aliphatic heterocycles. The maximum absolute atomic E-state index is 12.1. The van der Waals surface area contributed by atoms with Crippen LogP contribution in [0, 0.1) is 0 Å². The Labute approximate surface area is 148 Å². The molecule has 0 fully saturated rings. The number of halogens is 1. The predicted octanol–water partition coefficient (Wildman–Crippen LogP) is 3.71. The number of anilines is 1. The van der Waals surface area contributed by atoms with E-state index in [9.17, 15) is 4.79 Å². The molecule has 0 aliphatic carbocycles. The molecule has 0 radical (unpaired) electrons. The molecular formula is C18H14ClN5O. The molecule has 4 aromatic rings. The highest BCUT2D eigenvalue weighted by molar-refractivity contribution is 6.34. The van der Waals surface area contributed by atoms with Crippen molar-refractivity contribution in [1.29, 1.82) is 0 Å². The molecule has 2 N–H and O–H groups in total. The average molecular weight is 352 g/mol. The quantitative estimate of drug-likeness (QED) is 0.588. The highest BCUT2D eigenvalue weighted by atomic mass is 35.5. The molecule has 7 heteroatoms. The smallest absolute Gasteiger partial charge is 0.276 e. The number of H-pyrrole nitrogens is 1. The van der Waals surface area contributed by atoms with E-state index in [1.165, 1.54) is 17.0 Å². The van der Waals surface area contributed by atoms with Gasteiger partial charge in [0.15, 0.2) is 5.82 Å². The number of aromatic nitrogens is 4. The van der Waals surface area contributed by atoms with E-state index in [1.807, 2.05) is 24.4 Å². The van der Waals surface area contributed by atoms with Crippen molar-refractivity contribution in [3.63, 3.8) is 0 Å². The number of nitrogens with zero attached hydrogens (tertiary/aromatic N) is 3. The normalized spacial score (nSPS) is 10.9. The maximum atomic E-state index is 12.1. The van der Waals surface area contributed by atoms with Crippen molar-refractivity contribution >= 4 is 34.1 Å². The summed E-state index contributed by atoms with van der Waals surface area (Å²) in [5.74, 6) is 0.0776. The van der Waals surface area contributed by atoms with Crippen LogP contribution in [0.3, 0.4) is 0 Å². The topological polar surface area (TPSA) is 75.6 Å². The number of nitrogens with one attached hydrogen (secondary N) is 2. The summed E-state index contributed by atoms with van der Waals surface area (Å²) >= 11 is 5.89. The van der Waals surface area contributed by atoms with Crippen molar-refractivity contribution in [1.82, 2.24) is 20.0 Å². The van der Waals surface area contributed by atoms with Gasteiger partial charge in [0.1, 0.15) is 5.69 Å². The molecule has 25 heavy (non-hydrogen) atoms. The Morgan fingerprint density at radius 1 is 1.16 bits per heavy atom. The molecule has 2 aromatic heterocycles. The standard InChI is InChI=1S/C18H14ClN5O/c19-15-10-20-22-17(15)18(25)21-16-8-9-24(23-16)11-13-6-3-5-12-4-1-2-7-14(12)13/h1-10H,11H2,(H,20,22)(H,21,23,25). The molecule has 0 bridgehead atoms. The van der Waals surface area contributed by atoms with Crippen LogP contribution in [0.2, 0.25) is 5.02 Å². The minimum absolute atomic E-state index is 0.213. The minimum atomic E-state index is -0.377. The molecule has 4 rings (SSSR count). The van der Waals surface area contributed by atoms with Crippen LogP contribution < -0.4 is 5.32 Å². The van der Waals surface area contributed by atoms with Gasteiger partial charge >= 0.3 is 0 Å². The van der Waals surface area contributed by atoms with Gasteiger partial charge in [-0.2, -0.15) is 10.2 Å². The number of benzene rings is 2. The van der Waals surface area contributed by atoms with E-state index in [2.05, 4.69) is 44.9 Å². The van der Waals surface area contributed by atoms with Crippen molar-refractivity contribution < 1.29 is 4.79 Å².